The maximum absolute atomic E-state index is 13.7. The van der Waals surface area contributed by atoms with E-state index < -0.39 is 5.83 Å². The van der Waals surface area contributed by atoms with Gasteiger partial charge < -0.3 is 0 Å². The summed E-state index contributed by atoms with van der Waals surface area (Å²) in [7, 11) is 0. The van der Waals surface area contributed by atoms with Gasteiger partial charge in [-0.1, -0.05) is 26.7 Å². The van der Waals surface area contributed by atoms with Crippen molar-refractivity contribution in [3.8, 4) is 0 Å². The molecule has 0 spiro atoms. The molecule has 0 aliphatic carbocycles. The van der Waals surface area contributed by atoms with Crippen LogP contribution in [-0.4, -0.2) is 10.7 Å². The molecule has 1 aliphatic rings. The van der Waals surface area contributed by atoms with Crippen LogP contribution in [0.3, 0.4) is 0 Å². The molecule has 0 saturated heterocycles. The van der Waals surface area contributed by atoms with Crippen LogP contribution in [-0.2, 0) is 0 Å². The molecular formula is C13H17FN4. The van der Waals surface area contributed by atoms with Crippen molar-refractivity contribution < 1.29 is 4.39 Å². The summed E-state index contributed by atoms with van der Waals surface area (Å²) in [5.74, 6) is -0.489. The van der Waals surface area contributed by atoms with Gasteiger partial charge in [-0.15, -0.1) is 5.53 Å². The molecule has 0 aromatic rings. The average molecular weight is 248 g/mol. The topological polar surface area (TPSA) is 51.2 Å². The van der Waals surface area contributed by atoms with Gasteiger partial charge in [-0.05, 0) is 24.6 Å². The van der Waals surface area contributed by atoms with Gasteiger partial charge in [-0.3, -0.25) is 15.8 Å². The summed E-state index contributed by atoms with van der Waals surface area (Å²) in [6.45, 7) is 12.4. The molecule has 0 radical (unpaired) electrons. The Kier molecular flexibility index (Phi) is 4.62. The van der Waals surface area contributed by atoms with Crippen LogP contribution in [0.4, 0.5) is 4.39 Å². The van der Waals surface area contributed by atoms with E-state index in [-0.39, 0.29) is 11.4 Å². The fourth-order valence-corrected chi connectivity index (χ4v) is 1.63. The fourth-order valence-electron chi connectivity index (χ4n) is 1.63. The average Bonchev–Trinajstić information content (AvgIpc) is 2.82. The fraction of sp³-hybridized carbons (Fsp3) is 0.154. The first-order valence-electron chi connectivity index (χ1n) is 5.51. The first-order valence-corrected chi connectivity index (χ1v) is 5.51. The molecule has 1 rings (SSSR count). The molecular weight excluding hydrogens is 231 g/mol. The molecule has 3 N–H and O–H groups in total. The SMILES string of the molecule is C=CC(=N)C1=C(CC)N(/C(C=C)=C(\F)C=C)NN1. The Morgan fingerprint density at radius 3 is 2.44 bits per heavy atom. The van der Waals surface area contributed by atoms with E-state index in [1.165, 1.54) is 17.2 Å². The smallest absolute Gasteiger partial charge is 0.147 e. The summed E-state index contributed by atoms with van der Waals surface area (Å²) in [5.41, 5.74) is 7.43. The molecule has 0 unspecified atom stereocenters. The minimum Gasteiger partial charge on any atom is -0.300 e. The van der Waals surface area contributed by atoms with Gasteiger partial charge >= 0.3 is 0 Å². The van der Waals surface area contributed by atoms with Gasteiger partial charge in [-0.25, -0.2) is 4.39 Å². The van der Waals surface area contributed by atoms with Gasteiger partial charge in [0.2, 0.25) is 0 Å². The number of hydrogen-bond acceptors (Lipinski definition) is 4. The second kappa shape index (κ2) is 5.97. The van der Waals surface area contributed by atoms with E-state index in [1.807, 2.05) is 6.92 Å². The molecule has 0 fully saturated rings. The highest BCUT2D eigenvalue weighted by Crippen LogP contribution is 2.24. The quantitative estimate of drug-likeness (QED) is 0.500. The van der Waals surface area contributed by atoms with Gasteiger partial charge in [0.05, 0.1) is 22.8 Å². The first kappa shape index (κ1) is 13.9. The minimum atomic E-state index is -0.489. The maximum Gasteiger partial charge on any atom is 0.147 e. The van der Waals surface area contributed by atoms with Crippen LogP contribution in [0, 0.1) is 5.41 Å². The molecule has 0 amide bonds. The van der Waals surface area contributed by atoms with Gasteiger partial charge in [0.25, 0.3) is 0 Å². The lowest BCUT2D eigenvalue weighted by atomic mass is 10.2. The third kappa shape index (κ3) is 2.41. The molecule has 5 heteroatoms. The van der Waals surface area contributed by atoms with Crippen LogP contribution >= 0.6 is 0 Å². The van der Waals surface area contributed by atoms with Crippen LogP contribution in [0.5, 0.6) is 0 Å². The molecule has 0 saturated carbocycles. The summed E-state index contributed by atoms with van der Waals surface area (Å²) >= 11 is 0. The van der Waals surface area contributed by atoms with E-state index in [0.29, 0.717) is 12.1 Å². The van der Waals surface area contributed by atoms with Crippen LogP contribution in [0.1, 0.15) is 13.3 Å². The van der Waals surface area contributed by atoms with Gasteiger partial charge in [0.1, 0.15) is 5.83 Å². The Labute approximate surface area is 106 Å². The van der Waals surface area contributed by atoms with E-state index in [0.717, 1.165) is 11.8 Å². The Hall–Kier alpha value is -2.14. The highest BCUT2D eigenvalue weighted by Gasteiger charge is 2.25. The lowest BCUT2D eigenvalue weighted by Crippen LogP contribution is -2.37. The number of allylic oxidation sites excluding steroid dienone is 5. The van der Waals surface area contributed by atoms with Crippen molar-refractivity contribution >= 4 is 5.71 Å². The number of nitrogens with zero attached hydrogens (tertiary/aromatic N) is 1. The third-order valence-electron chi connectivity index (χ3n) is 2.52. The largest absolute Gasteiger partial charge is 0.300 e. The highest BCUT2D eigenvalue weighted by atomic mass is 19.1. The molecule has 4 nitrogen and oxygen atoms in total. The number of hydrazine groups is 2. The monoisotopic (exact) mass is 248 g/mol. The van der Waals surface area contributed by atoms with E-state index in [1.54, 1.807) is 0 Å². The number of halogens is 1. The van der Waals surface area contributed by atoms with Crippen molar-refractivity contribution in [3.63, 3.8) is 0 Å². The number of nitrogens with one attached hydrogen (secondary N) is 3. The zero-order chi connectivity index (χ0) is 13.7. The normalized spacial score (nSPS) is 16.0. The predicted octanol–water partition coefficient (Wildman–Crippen LogP) is 2.69. The second-order valence-corrected chi connectivity index (χ2v) is 3.51. The minimum absolute atomic E-state index is 0.240. The van der Waals surface area contributed by atoms with E-state index in [4.69, 9.17) is 5.41 Å². The van der Waals surface area contributed by atoms with Crippen molar-refractivity contribution in [1.82, 2.24) is 16.0 Å². The summed E-state index contributed by atoms with van der Waals surface area (Å²) < 4.78 is 13.7. The maximum atomic E-state index is 13.7. The van der Waals surface area contributed by atoms with Crippen LogP contribution in [0.2, 0.25) is 0 Å². The predicted molar refractivity (Wildman–Crippen MR) is 71.9 cm³/mol. The Bertz CT molecular complexity index is 460. The Morgan fingerprint density at radius 1 is 1.33 bits per heavy atom. The molecule has 1 heterocycles. The van der Waals surface area contributed by atoms with E-state index in [9.17, 15) is 4.39 Å². The molecule has 1 aliphatic heterocycles. The van der Waals surface area contributed by atoms with Gasteiger partial charge in [0.15, 0.2) is 0 Å². The molecule has 0 bridgehead atoms. The molecule has 96 valence electrons. The van der Waals surface area contributed by atoms with Crippen LogP contribution in [0.15, 0.2) is 60.9 Å². The van der Waals surface area contributed by atoms with Crippen LogP contribution in [0.25, 0.3) is 0 Å². The first-order chi connectivity index (χ1) is 8.60. The van der Waals surface area contributed by atoms with Crippen molar-refractivity contribution in [3.05, 3.63) is 60.9 Å². The molecule has 0 atom stereocenters. The number of hydrogen-bond donors (Lipinski definition) is 3. The lowest BCUT2D eigenvalue weighted by molar-refractivity contribution is 0.309. The van der Waals surface area contributed by atoms with Crippen molar-refractivity contribution in [2.75, 3.05) is 0 Å². The van der Waals surface area contributed by atoms with Crippen molar-refractivity contribution in [2.24, 2.45) is 0 Å². The molecule has 0 aromatic carbocycles. The summed E-state index contributed by atoms with van der Waals surface area (Å²) in [4.78, 5) is 0. The van der Waals surface area contributed by atoms with Crippen molar-refractivity contribution in [2.45, 2.75) is 13.3 Å². The van der Waals surface area contributed by atoms with Crippen molar-refractivity contribution in [1.29, 1.82) is 5.41 Å². The second-order valence-electron chi connectivity index (χ2n) is 3.51. The zero-order valence-electron chi connectivity index (χ0n) is 10.4. The third-order valence-corrected chi connectivity index (χ3v) is 2.52. The highest BCUT2D eigenvalue weighted by molar-refractivity contribution is 6.06. The van der Waals surface area contributed by atoms with E-state index in [2.05, 4.69) is 30.7 Å². The molecule has 0 aromatic heterocycles. The summed E-state index contributed by atoms with van der Waals surface area (Å²) in [5, 5.41) is 9.26. The summed E-state index contributed by atoms with van der Waals surface area (Å²) in [6, 6.07) is 0. The summed E-state index contributed by atoms with van der Waals surface area (Å²) in [6.07, 6.45) is 4.54. The Balaban J connectivity index is 3.25. The van der Waals surface area contributed by atoms with Gasteiger partial charge in [-0.2, -0.15) is 0 Å². The zero-order valence-corrected chi connectivity index (χ0v) is 10.4. The van der Waals surface area contributed by atoms with Gasteiger partial charge in [0, 0.05) is 0 Å². The molecule has 18 heavy (non-hydrogen) atoms. The van der Waals surface area contributed by atoms with E-state index >= 15 is 0 Å². The van der Waals surface area contributed by atoms with Crippen LogP contribution < -0.4 is 11.0 Å². The lowest BCUT2D eigenvalue weighted by Gasteiger charge is -2.21. The Morgan fingerprint density at radius 2 is 2.00 bits per heavy atom. The number of rotatable bonds is 6. The standard InChI is InChI=1S/C13H17FN4/c1-5-9(14)11(7-3)18-12(8-4)13(16-17-18)10(15)6-2/h5-7,15-17H,1-3,8H2,4H3/b11-9-,15-10?.